The van der Waals surface area contributed by atoms with Crippen LogP contribution in [0, 0.1) is 0 Å². The third-order valence-electron chi connectivity index (χ3n) is 4.35. The molecule has 1 unspecified atom stereocenters. The minimum atomic E-state index is -4.71. The molecule has 0 aromatic heterocycles. The monoisotopic (exact) mass is 390 g/mol. The summed E-state index contributed by atoms with van der Waals surface area (Å²) < 4.78 is 45.2. The van der Waals surface area contributed by atoms with E-state index in [1.54, 1.807) is 18.2 Å². The summed E-state index contributed by atoms with van der Waals surface area (Å²) in [6, 6.07) is 10.9. The second kappa shape index (κ2) is 7.93. The predicted octanol–water partition coefficient (Wildman–Crippen LogP) is 3.69. The lowest BCUT2D eigenvalue weighted by molar-refractivity contribution is -0.137. The number of ether oxygens (including phenoxy) is 1. The quantitative estimate of drug-likeness (QED) is 0.444. The van der Waals surface area contributed by atoms with Crippen LogP contribution in [0.15, 0.2) is 53.5 Å². The van der Waals surface area contributed by atoms with E-state index in [0.29, 0.717) is 17.1 Å². The van der Waals surface area contributed by atoms with Gasteiger partial charge in [0.05, 0.1) is 30.3 Å². The number of nitrogens with zero attached hydrogens (tertiary/aromatic N) is 2. The Balaban J connectivity index is 2.11. The van der Waals surface area contributed by atoms with Crippen molar-refractivity contribution in [2.24, 2.45) is 4.99 Å². The smallest absolute Gasteiger partial charge is 0.383 e. The zero-order valence-corrected chi connectivity index (χ0v) is 14.9. The van der Waals surface area contributed by atoms with Crippen molar-refractivity contribution in [1.29, 1.82) is 0 Å². The Morgan fingerprint density at radius 2 is 1.79 bits per heavy atom. The molecule has 1 aliphatic rings. The van der Waals surface area contributed by atoms with Crippen molar-refractivity contribution in [1.82, 2.24) is 0 Å². The third kappa shape index (κ3) is 3.68. The highest BCUT2D eigenvalue weighted by molar-refractivity contribution is 6.29. The second-order valence-corrected chi connectivity index (χ2v) is 6.11. The van der Waals surface area contributed by atoms with Crippen molar-refractivity contribution in [3.8, 4) is 0 Å². The Labute approximate surface area is 159 Å². The Hall–Kier alpha value is -3.00. The lowest BCUT2D eigenvalue weighted by Gasteiger charge is -2.32. The summed E-state index contributed by atoms with van der Waals surface area (Å²) >= 11 is 0. The van der Waals surface area contributed by atoms with Crippen LogP contribution >= 0.6 is 0 Å². The first-order valence-corrected chi connectivity index (χ1v) is 8.48. The number of benzene rings is 2. The fourth-order valence-corrected chi connectivity index (χ4v) is 3.06. The molecule has 2 aromatic carbocycles. The Bertz CT molecular complexity index is 925. The average molecular weight is 390 g/mol. The van der Waals surface area contributed by atoms with Crippen LogP contribution in [0.1, 0.15) is 27.4 Å². The van der Waals surface area contributed by atoms with E-state index < -0.39 is 35.2 Å². The fraction of sp³-hybridized carbons (Fsp3) is 0.250. The zero-order valence-electron chi connectivity index (χ0n) is 14.9. The third-order valence-corrected chi connectivity index (χ3v) is 4.35. The maximum Gasteiger partial charge on any atom is 0.418 e. The number of aliphatic imine (C=N–C) groups is 1. The molecule has 28 heavy (non-hydrogen) atoms. The number of carbonyl (C=O) groups excluding carboxylic acids is 2. The van der Waals surface area contributed by atoms with Gasteiger partial charge in [-0.05, 0) is 23.8 Å². The molecule has 0 radical (unpaired) electrons. The highest BCUT2D eigenvalue weighted by Gasteiger charge is 2.43. The van der Waals surface area contributed by atoms with Crippen LogP contribution in [0.25, 0.3) is 0 Å². The highest BCUT2D eigenvalue weighted by Crippen LogP contribution is 2.40. The predicted molar refractivity (Wildman–Crippen MR) is 97.7 cm³/mol. The number of amides is 2. The van der Waals surface area contributed by atoms with Crippen molar-refractivity contribution in [2.75, 3.05) is 25.2 Å². The van der Waals surface area contributed by atoms with Gasteiger partial charge >= 0.3 is 6.18 Å². The van der Waals surface area contributed by atoms with E-state index in [2.05, 4.69) is 4.99 Å². The van der Waals surface area contributed by atoms with Crippen LogP contribution in [0.2, 0.25) is 0 Å². The van der Waals surface area contributed by atoms with E-state index in [-0.39, 0.29) is 12.1 Å². The van der Waals surface area contributed by atoms with Crippen LogP contribution in [-0.4, -0.2) is 38.3 Å². The molecule has 0 saturated carbocycles. The van der Waals surface area contributed by atoms with Crippen molar-refractivity contribution < 1.29 is 27.5 Å². The maximum absolute atomic E-state index is 13.4. The number of para-hydroxylation sites is 1. The van der Waals surface area contributed by atoms with Crippen molar-refractivity contribution in [2.45, 2.75) is 12.1 Å². The van der Waals surface area contributed by atoms with Gasteiger partial charge in [-0.2, -0.15) is 13.2 Å². The number of anilines is 1. The molecule has 3 rings (SSSR count). The van der Waals surface area contributed by atoms with Crippen LogP contribution in [0.3, 0.4) is 0 Å². The van der Waals surface area contributed by atoms with E-state index in [4.69, 9.17) is 4.74 Å². The zero-order chi connectivity index (χ0) is 20.3. The first-order valence-electron chi connectivity index (χ1n) is 8.48. The molecule has 2 aromatic rings. The average Bonchev–Trinajstić information content (AvgIpc) is 2.67. The van der Waals surface area contributed by atoms with Crippen LogP contribution in [-0.2, 0) is 15.7 Å². The molecule has 5 nitrogen and oxygen atoms in total. The number of hydrogen-bond donors (Lipinski definition) is 0. The molecule has 8 heteroatoms. The van der Waals surface area contributed by atoms with Gasteiger partial charge in [0.15, 0.2) is 0 Å². The molecular formula is C20H17F3N2O3. The number of rotatable bonds is 5. The Kier molecular flexibility index (Phi) is 5.60. The van der Waals surface area contributed by atoms with Crippen LogP contribution in [0.4, 0.5) is 18.9 Å². The number of alkyl halides is 3. The molecule has 2 amide bonds. The summed E-state index contributed by atoms with van der Waals surface area (Å²) in [4.78, 5) is 30.7. The van der Waals surface area contributed by atoms with Crippen molar-refractivity contribution in [3.05, 3.63) is 65.2 Å². The number of imide groups is 1. The minimum Gasteiger partial charge on any atom is -0.383 e. The summed E-state index contributed by atoms with van der Waals surface area (Å²) in [6.45, 7) is 0.619. The molecule has 146 valence electrons. The maximum atomic E-state index is 13.4. The number of carbonyl (C=O) groups is 2. The van der Waals surface area contributed by atoms with Gasteiger partial charge in [0.25, 0.3) is 5.91 Å². The topological polar surface area (TPSA) is 59.0 Å². The van der Waals surface area contributed by atoms with Gasteiger partial charge in [-0.1, -0.05) is 30.3 Å². The van der Waals surface area contributed by atoms with E-state index in [0.717, 1.165) is 12.1 Å². The molecule has 0 aliphatic carbocycles. The molecule has 1 atom stereocenters. The molecule has 0 bridgehead atoms. The summed E-state index contributed by atoms with van der Waals surface area (Å²) in [7, 11) is 1.51. The molecule has 0 fully saturated rings. The van der Waals surface area contributed by atoms with Crippen LogP contribution < -0.4 is 4.90 Å². The summed E-state index contributed by atoms with van der Waals surface area (Å²) in [5.74, 6) is -2.53. The highest BCUT2D eigenvalue weighted by atomic mass is 19.4. The van der Waals surface area contributed by atoms with E-state index in [9.17, 15) is 22.8 Å². The van der Waals surface area contributed by atoms with E-state index >= 15 is 0 Å². The van der Waals surface area contributed by atoms with Crippen LogP contribution in [0.5, 0.6) is 0 Å². The van der Waals surface area contributed by atoms with Gasteiger partial charge in [-0.3, -0.25) is 14.6 Å². The molecule has 1 heterocycles. The molecule has 0 N–H and O–H groups in total. The SMILES string of the molecule is COCCN=CC1C(=O)N(c2ccccc2C(F)(F)F)C(=O)c2ccccc21. The van der Waals surface area contributed by atoms with Gasteiger partial charge < -0.3 is 4.74 Å². The standard InChI is InChI=1S/C20H17F3N2O3/c1-28-11-10-24-12-15-13-6-2-3-7-14(13)18(26)25(19(15)27)17-9-5-4-8-16(17)20(21,22)23/h2-9,12,15H,10-11H2,1H3. The van der Waals surface area contributed by atoms with Crippen molar-refractivity contribution in [3.63, 3.8) is 0 Å². The molecular weight excluding hydrogens is 373 g/mol. The Morgan fingerprint density at radius 1 is 1.11 bits per heavy atom. The number of halogens is 3. The van der Waals surface area contributed by atoms with Gasteiger partial charge in [-0.15, -0.1) is 0 Å². The molecule has 0 spiro atoms. The lowest BCUT2D eigenvalue weighted by Crippen LogP contribution is -2.46. The summed E-state index contributed by atoms with van der Waals surface area (Å²) in [5, 5.41) is 0. The largest absolute Gasteiger partial charge is 0.418 e. The van der Waals surface area contributed by atoms with Gasteiger partial charge in [0.2, 0.25) is 5.91 Å². The molecule has 0 saturated heterocycles. The van der Waals surface area contributed by atoms with Gasteiger partial charge in [0, 0.05) is 18.9 Å². The number of methoxy groups -OCH3 is 1. The number of hydrogen-bond acceptors (Lipinski definition) is 4. The fourth-order valence-electron chi connectivity index (χ4n) is 3.06. The van der Waals surface area contributed by atoms with Gasteiger partial charge in [0.1, 0.15) is 0 Å². The van der Waals surface area contributed by atoms with E-state index in [1.165, 1.54) is 31.5 Å². The first-order chi connectivity index (χ1) is 13.4. The first kappa shape index (κ1) is 19.8. The van der Waals surface area contributed by atoms with E-state index in [1.807, 2.05) is 0 Å². The molecule has 1 aliphatic heterocycles. The second-order valence-electron chi connectivity index (χ2n) is 6.11. The summed E-state index contributed by atoms with van der Waals surface area (Å²) in [6.07, 6.45) is -3.36. The summed E-state index contributed by atoms with van der Waals surface area (Å²) in [5.41, 5.74) is -0.956. The van der Waals surface area contributed by atoms with Gasteiger partial charge in [-0.25, -0.2) is 4.90 Å². The Morgan fingerprint density at radius 3 is 2.50 bits per heavy atom. The number of fused-ring (bicyclic) bond motifs is 1. The normalized spacial score (nSPS) is 17.3. The minimum absolute atomic E-state index is 0.169. The van der Waals surface area contributed by atoms with Crippen molar-refractivity contribution >= 4 is 23.7 Å². The lowest BCUT2D eigenvalue weighted by atomic mass is 9.88.